The maximum atomic E-state index is 5.79. The predicted octanol–water partition coefficient (Wildman–Crippen LogP) is 6.78. The molecule has 31 heavy (non-hydrogen) atoms. The van der Waals surface area contributed by atoms with Crippen molar-refractivity contribution in [2.75, 3.05) is 11.9 Å². The Hall–Kier alpha value is -2.34. The first kappa shape index (κ1) is 28.7. The second kappa shape index (κ2) is 17.4. The highest BCUT2D eigenvalue weighted by Crippen LogP contribution is 2.29. The molecule has 6 nitrogen and oxygen atoms in total. The number of nitrogens with two attached hydrogens (primary N) is 1. The smallest absolute Gasteiger partial charge is 0.143 e. The zero-order valence-electron chi connectivity index (χ0n) is 21.1. The number of furan rings is 1. The monoisotopic (exact) mass is 431 g/mol. The molecule has 0 amide bonds. The second-order valence-corrected chi connectivity index (χ2v) is 6.71. The van der Waals surface area contributed by atoms with Crippen LogP contribution in [0.4, 0.5) is 5.82 Å². The van der Waals surface area contributed by atoms with E-state index in [1.165, 1.54) is 17.7 Å². The number of aromatic nitrogens is 3. The van der Waals surface area contributed by atoms with Gasteiger partial charge in [-0.25, -0.2) is 9.97 Å². The van der Waals surface area contributed by atoms with E-state index in [2.05, 4.69) is 41.0 Å². The lowest BCUT2D eigenvalue weighted by Gasteiger charge is -2.09. The Morgan fingerprint density at radius 2 is 1.74 bits per heavy atom. The summed E-state index contributed by atoms with van der Waals surface area (Å²) in [6.07, 6.45) is 7.05. The van der Waals surface area contributed by atoms with Gasteiger partial charge >= 0.3 is 0 Å². The Balaban J connectivity index is 0.00000116. The SMILES string of the molecule is CC.CC.CCC.CCCCc1c(CCN)[nH]c2nc(C)nc(NCc3ccco3)c12. The fourth-order valence-electron chi connectivity index (χ4n) is 3.02. The molecule has 0 aliphatic heterocycles. The van der Waals surface area contributed by atoms with Crippen LogP contribution in [-0.2, 0) is 19.4 Å². The normalized spacial score (nSPS) is 9.71. The van der Waals surface area contributed by atoms with Gasteiger partial charge in [0.2, 0.25) is 0 Å². The molecule has 0 atom stereocenters. The number of unbranched alkanes of at least 4 members (excludes halogenated alkanes) is 1. The molecule has 176 valence electrons. The van der Waals surface area contributed by atoms with Crippen molar-refractivity contribution in [2.24, 2.45) is 5.73 Å². The number of anilines is 1. The summed E-state index contributed by atoms with van der Waals surface area (Å²) in [4.78, 5) is 12.7. The largest absolute Gasteiger partial charge is 0.467 e. The van der Waals surface area contributed by atoms with E-state index in [4.69, 9.17) is 10.2 Å². The molecule has 0 unspecified atom stereocenters. The zero-order valence-corrected chi connectivity index (χ0v) is 21.1. The first-order chi connectivity index (χ1) is 15.1. The maximum Gasteiger partial charge on any atom is 0.143 e. The molecule has 0 aliphatic carbocycles. The number of rotatable bonds is 8. The van der Waals surface area contributed by atoms with Crippen LogP contribution in [0.2, 0.25) is 0 Å². The molecule has 0 radical (unpaired) electrons. The van der Waals surface area contributed by atoms with E-state index in [0.29, 0.717) is 13.1 Å². The number of hydrogen-bond acceptors (Lipinski definition) is 5. The van der Waals surface area contributed by atoms with Gasteiger partial charge in [0.05, 0.1) is 18.2 Å². The van der Waals surface area contributed by atoms with Gasteiger partial charge in [0.1, 0.15) is 23.0 Å². The lowest BCUT2D eigenvalue weighted by atomic mass is 10.0. The highest BCUT2D eigenvalue weighted by molar-refractivity contribution is 5.91. The van der Waals surface area contributed by atoms with E-state index >= 15 is 0 Å². The van der Waals surface area contributed by atoms with Crippen LogP contribution in [-0.4, -0.2) is 21.5 Å². The Bertz CT molecular complexity index is 809. The van der Waals surface area contributed by atoms with E-state index in [0.717, 1.165) is 54.1 Å². The van der Waals surface area contributed by atoms with Crippen LogP contribution in [0, 0.1) is 6.92 Å². The molecule has 4 N–H and O–H groups in total. The Kier molecular flexibility index (Phi) is 16.0. The van der Waals surface area contributed by atoms with Crippen LogP contribution < -0.4 is 11.1 Å². The fraction of sp³-hybridized carbons (Fsp3) is 0.600. The molecule has 0 saturated carbocycles. The quantitative estimate of drug-likeness (QED) is 0.365. The number of nitrogens with zero attached hydrogens (tertiary/aromatic N) is 2. The molecular weight excluding hydrogens is 386 g/mol. The Labute approximate surface area is 189 Å². The highest BCUT2D eigenvalue weighted by Gasteiger charge is 2.17. The van der Waals surface area contributed by atoms with Gasteiger partial charge in [0.15, 0.2) is 0 Å². The topological polar surface area (TPSA) is 92.8 Å². The lowest BCUT2D eigenvalue weighted by molar-refractivity contribution is 0.518. The van der Waals surface area contributed by atoms with E-state index in [-0.39, 0.29) is 0 Å². The van der Waals surface area contributed by atoms with Crippen LogP contribution in [0.15, 0.2) is 22.8 Å². The summed E-state index contributed by atoms with van der Waals surface area (Å²) >= 11 is 0. The summed E-state index contributed by atoms with van der Waals surface area (Å²) in [6.45, 7) is 17.6. The Morgan fingerprint density at radius 1 is 1.06 bits per heavy atom. The number of fused-ring (bicyclic) bond motifs is 1. The average molecular weight is 432 g/mol. The van der Waals surface area contributed by atoms with Crippen molar-refractivity contribution in [3.63, 3.8) is 0 Å². The highest BCUT2D eigenvalue weighted by atomic mass is 16.3. The number of nitrogens with one attached hydrogen (secondary N) is 2. The average Bonchev–Trinajstić information content (AvgIpc) is 3.42. The lowest BCUT2D eigenvalue weighted by Crippen LogP contribution is -2.06. The number of hydrogen-bond donors (Lipinski definition) is 3. The van der Waals surface area contributed by atoms with E-state index in [1.54, 1.807) is 6.26 Å². The summed E-state index contributed by atoms with van der Waals surface area (Å²) in [5, 5.41) is 4.49. The van der Waals surface area contributed by atoms with E-state index in [1.807, 2.05) is 46.8 Å². The van der Waals surface area contributed by atoms with E-state index < -0.39 is 0 Å². The van der Waals surface area contributed by atoms with E-state index in [9.17, 15) is 0 Å². The van der Waals surface area contributed by atoms with Crippen molar-refractivity contribution in [3.8, 4) is 0 Å². The standard InChI is InChI=1S/C18H25N5O.C3H8.2C2H6/c1-3-4-7-14-15(8-9-19)23-18-16(14)17(21-12(2)22-18)20-11-13-6-5-10-24-13;1-3-2;2*1-2/h5-6,10H,3-4,7-9,11,19H2,1-2H3,(H2,20,21,22,23);3H2,1-2H3;2*1-2H3. The zero-order chi connectivity index (χ0) is 23.6. The van der Waals surface area contributed by atoms with Crippen molar-refractivity contribution in [1.82, 2.24) is 15.0 Å². The molecular formula is C25H45N5O. The number of H-pyrrole nitrogens is 1. The third-order valence-corrected chi connectivity index (χ3v) is 4.14. The first-order valence-electron chi connectivity index (χ1n) is 12.0. The van der Waals surface area contributed by atoms with Gasteiger partial charge in [-0.3, -0.25) is 0 Å². The van der Waals surface area contributed by atoms with Gasteiger partial charge in [-0.15, -0.1) is 0 Å². The predicted molar refractivity (Wildman–Crippen MR) is 135 cm³/mol. The fourth-order valence-corrected chi connectivity index (χ4v) is 3.02. The maximum absolute atomic E-state index is 5.79. The second-order valence-electron chi connectivity index (χ2n) is 6.71. The van der Waals surface area contributed by atoms with Crippen LogP contribution in [0.25, 0.3) is 11.0 Å². The molecule has 3 aromatic heterocycles. The van der Waals surface area contributed by atoms with Crippen LogP contribution in [0.5, 0.6) is 0 Å². The van der Waals surface area contributed by atoms with Crippen molar-refractivity contribution in [1.29, 1.82) is 0 Å². The molecule has 0 spiro atoms. The van der Waals surface area contributed by atoms with Crippen LogP contribution >= 0.6 is 0 Å². The summed E-state index contributed by atoms with van der Waals surface area (Å²) in [7, 11) is 0. The molecule has 3 rings (SSSR count). The minimum Gasteiger partial charge on any atom is -0.467 e. The van der Waals surface area contributed by atoms with Gasteiger partial charge in [-0.05, 0) is 44.0 Å². The summed E-state index contributed by atoms with van der Waals surface area (Å²) in [6, 6.07) is 3.84. The van der Waals surface area contributed by atoms with Gasteiger partial charge in [-0.2, -0.15) is 0 Å². The molecule has 0 aliphatic rings. The molecule has 0 aromatic carbocycles. The third kappa shape index (κ3) is 9.13. The van der Waals surface area contributed by atoms with Crippen LogP contribution in [0.3, 0.4) is 0 Å². The number of aromatic amines is 1. The van der Waals surface area contributed by atoms with Crippen molar-refractivity contribution in [2.45, 2.75) is 94.0 Å². The number of aryl methyl sites for hydroxylation is 2. The molecule has 0 fully saturated rings. The molecule has 0 saturated heterocycles. The van der Waals surface area contributed by atoms with Gasteiger partial charge in [-0.1, -0.05) is 61.3 Å². The van der Waals surface area contributed by atoms with Gasteiger partial charge in [0.25, 0.3) is 0 Å². The van der Waals surface area contributed by atoms with Crippen LogP contribution in [0.1, 0.15) is 90.6 Å². The molecule has 0 bridgehead atoms. The van der Waals surface area contributed by atoms with Crippen molar-refractivity contribution >= 4 is 16.9 Å². The third-order valence-electron chi connectivity index (χ3n) is 4.14. The van der Waals surface area contributed by atoms with Gasteiger partial charge < -0.3 is 20.5 Å². The molecule has 3 heterocycles. The summed E-state index contributed by atoms with van der Waals surface area (Å²) in [5.41, 5.74) is 9.15. The summed E-state index contributed by atoms with van der Waals surface area (Å²) < 4.78 is 5.41. The minimum absolute atomic E-state index is 0.600. The Morgan fingerprint density at radius 3 is 2.29 bits per heavy atom. The minimum atomic E-state index is 0.600. The van der Waals surface area contributed by atoms with Crippen molar-refractivity contribution < 1.29 is 4.42 Å². The van der Waals surface area contributed by atoms with Gasteiger partial charge in [0, 0.05) is 12.1 Å². The molecule has 6 heteroatoms. The summed E-state index contributed by atoms with van der Waals surface area (Å²) in [5.74, 6) is 2.49. The molecule has 3 aromatic rings. The first-order valence-corrected chi connectivity index (χ1v) is 12.0. The van der Waals surface area contributed by atoms with Crippen molar-refractivity contribution in [3.05, 3.63) is 41.2 Å².